The zero-order chi connectivity index (χ0) is 16.0. The zero-order valence-electron chi connectivity index (χ0n) is 14.3. The van der Waals surface area contributed by atoms with Crippen molar-refractivity contribution in [3.05, 3.63) is 35.4 Å². The van der Waals surface area contributed by atoms with Gasteiger partial charge in [0.05, 0.1) is 0 Å². The third kappa shape index (κ3) is 5.91. The molecule has 2 nitrogen and oxygen atoms in total. The van der Waals surface area contributed by atoms with Crippen LogP contribution < -0.4 is 5.32 Å². The predicted molar refractivity (Wildman–Crippen MR) is 94.1 cm³/mol. The number of benzene rings is 1. The van der Waals surface area contributed by atoms with E-state index in [1.807, 2.05) is 7.05 Å². The first-order valence-corrected chi connectivity index (χ1v) is 9.36. The van der Waals surface area contributed by atoms with Gasteiger partial charge in [0.15, 0.2) is 0 Å². The molecule has 0 saturated heterocycles. The fraction of sp³-hybridized carbons (Fsp3) is 0.667. The molecule has 0 saturated carbocycles. The van der Waals surface area contributed by atoms with Gasteiger partial charge in [-0.3, -0.25) is 4.21 Å². The van der Waals surface area contributed by atoms with E-state index < -0.39 is 10.8 Å². The SMILES string of the molecule is CNC(CS(=O)C(C)C(C)C)c1ccc(CC(C)C)cc1. The van der Waals surface area contributed by atoms with Crippen LogP contribution in [0.15, 0.2) is 24.3 Å². The molecule has 0 bridgehead atoms. The van der Waals surface area contributed by atoms with Gasteiger partial charge < -0.3 is 5.32 Å². The average Bonchev–Trinajstić information content (AvgIpc) is 2.43. The molecule has 0 fully saturated rings. The highest BCUT2D eigenvalue weighted by Crippen LogP contribution is 2.19. The fourth-order valence-corrected chi connectivity index (χ4v) is 3.92. The molecule has 3 heteroatoms. The molecule has 1 aromatic carbocycles. The summed E-state index contributed by atoms with van der Waals surface area (Å²) in [6.45, 7) is 10.8. The molecule has 0 heterocycles. The van der Waals surface area contributed by atoms with E-state index in [0.717, 1.165) is 6.42 Å². The van der Waals surface area contributed by atoms with Crippen molar-refractivity contribution in [2.45, 2.75) is 52.3 Å². The van der Waals surface area contributed by atoms with Gasteiger partial charge in [0.1, 0.15) is 0 Å². The van der Waals surface area contributed by atoms with E-state index in [2.05, 4.69) is 64.2 Å². The highest BCUT2D eigenvalue weighted by atomic mass is 32.2. The summed E-state index contributed by atoms with van der Waals surface area (Å²) < 4.78 is 12.4. The molecule has 120 valence electrons. The smallest absolute Gasteiger partial charge is 0.0434 e. The van der Waals surface area contributed by atoms with Gasteiger partial charge in [-0.05, 0) is 36.4 Å². The summed E-state index contributed by atoms with van der Waals surface area (Å²) in [4.78, 5) is 0. The second-order valence-corrected chi connectivity index (χ2v) is 8.52. The Labute approximate surface area is 133 Å². The van der Waals surface area contributed by atoms with Gasteiger partial charge in [-0.15, -0.1) is 0 Å². The van der Waals surface area contributed by atoms with Crippen molar-refractivity contribution in [1.82, 2.24) is 5.32 Å². The highest BCUT2D eigenvalue weighted by Gasteiger charge is 2.20. The Morgan fingerprint density at radius 2 is 1.62 bits per heavy atom. The lowest BCUT2D eigenvalue weighted by Crippen LogP contribution is -2.28. The summed E-state index contributed by atoms with van der Waals surface area (Å²) in [6.07, 6.45) is 1.11. The van der Waals surface area contributed by atoms with E-state index in [0.29, 0.717) is 17.6 Å². The van der Waals surface area contributed by atoms with E-state index in [1.54, 1.807) is 0 Å². The predicted octanol–water partition coefficient (Wildman–Crippen LogP) is 3.94. The lowest BCUT2D eigenvalue weighted by Gasteiger charge is -2.21. The first-order valence-electron chi connectivity index (χ1n) is 7.98. The maximum Gasteiger partial charge on any atom is 0.0434 e. The third-order valence-electron chi connectivity index (χ3n) is 4.06. The van der Waals surface area contributed by atoms with Crippen molar-refractivity contribution >= 4 is 10.8 Å². The van der Waals surface area contributed by atoms with Crippen molar-refractivity contribution in [1.29, 1.82) is 0 Å². The monoisotopic (exact) mass is 309 g/mol. The van der Waals surface area contributed by atoms with Crippen molar-refractivity contribution in [2.75, 3.05) is 12.8 Å². The van der Waals surface area contributed by atoms with Crippen LogP contribution in [0, 0.1) is 11.8 Å². The Kier molecular flexibility index (Phi) is 7.61. The first kappa shape index (κ1) is 18.4. The number of hydrogen-bond donors (Lipinski definition) is 1. The second kappa shape index (κ2) is 8.70. The minimum absolute atomic E-state index is 0.167. The van der Waals surface area contributed by atoms with Gasteiger partial charge in [0, 0.05) is 27.8 Å². The van der Waals surface area contributed by atoms with E-state index in [-0.39, 0.29) is 11.3 Å². The van der Waals surface area contributed by atoms with Crippen LogP contribution in [0.3, 0.4) is 0 Å². The molecule has 3 atom stereocenters. The molecule has 1 N–H and O–H groups in total. The van der Waals surface area contributed by atoms with E-state index >= 15 is 0 Å². The molecular formula is C18H31NOS. The zero-order valence-corrected chi connectivity index (χ0v) is 15.2. The molecule has 1 rings (SSSR count). The molecule has 0 aromatic heterocycles. The van der Waals surface area contributed by atoms with E-state index in [1.165, 1.54) is 11.1 Å². The summed E-state index contributed by atoms with van der Waals surface area (Å²) in [5.74, 6) is 1.81. The molecule has 0 radical (unpaired) electrons. The van der Waals surface area contributed by atoms with Gasteiger partial charge >= 0.3 is 0 Å². The van der Waals surface area contributed by atoms with Crippen LogP contribution in [0.25, 0.3) is 0 Å². The normalized spacial score (nSPS) is 16.2. The second-order valence-electron chi connectivity index (χ2n) is 6.68. The number of nitrogens with one attached hydrogen (secondary N) is 1. The van der Waals surface area contributed by atoms with E-state index in [9.17, 15) is 4.21 Å². The average molecular weight is 310 g/mol. The topological polar surface area (TPSA) is 29.1 Å². The highest BCUT2D eigenvalue weighted by molar-refractivity contribution is 7.85. The van der Waals surface area contributed by atoms with Gasteiger partial charge in [-0.1, -0.05) is 58.9 Å². The van der Waals surface area contributed by atoms with Crippen LogP contribution >= 0.6 is 0 Å². The lowest BCUT2D eigenvalue weighted by atomic mass is 10.00. The number of rotatable bonds is 8. The maximum absolute atomic E-state index is 12.4. The molecular weight excluding hydrogens is 278 g/mol. The van der Waals surface area contributed by atoms with Crippen molar-refractivity contribution in [3.63, 3.8) is 0 Å². The summed E-state index contributed by atoms with van der Waals surface area (Å²) in [7, 11) is 1.15. The summed E-state index contributed by atoms with van der Waals surface area (Å²) in [6, 6.07) is 8.93. The lowest BCUT2D eigenvalue weighted by molar-refractivity contribution is 0.589. The Morgan fingerprint density at radius 3 is 2.05 bits per heavy atom. The van der Waals surface area contributed by atoms with Crippen molar-refractivity contribution < 1.29 is 4.21 Å². The summed E-state index contributed by atoms with van der Waals surface area (Å²) in [5, 5.41) is 3.55. The van der Waals surface area contributed by atoms with Gasteiger partial charge in [-0.2, -0.15) is 0 Å². The standard InChI is InChI=1S/C18H31NOS/c1-13(2)11-16-7-9-17(10-8-16)18(19-6)12-21(20)15(5)14(3)4/h7-10,13-15,18-19H,11-12H2,1-6H3. The van der Waals surface area contributed by atoms with Crippen molar-refractivity contribution in [3.8, 4) is 0 Å². The molecule has 3 unspecified atom stereocenters. The largest absolute Gasteiger partial charge is 0.312 e. The van der Waals surface area contributed by atoms with Crippen LogP contribution in [-0.2, 0) is 17.2 Å². The molecule has 0 amide bonds. The first-order chi connectivity index (χ1) is 9.85. The van der Waals surface area contributed by atoms with Crippen LogP contribution in [0.1, 0.15) is 51.8 Å². The van der Waals surface area contributed by atoms with Gasteiger partial charge in [0.2, 0.25) is 0 Å². The van der Waals surface area contributed by atoms with Crippen LogP contribution in [-0.4, -0.2) is 22.3 Å². The quantitative estimate of drug-likeness (QED) is 0.788. The third-order valence-corrected chi connectivity index (χ3v) is 6.09. The van der Waals surface area contributed by atoms with Gasteiger partial charge in [0.25, 0.3) is 0 Å². The van der Waals surface area contributed by atoms with Gasteiger partial charge in [-0.25, -0.2) is 0 Å². The molecule has 0 aliphatic carbocycles. The molecule has 0 spiro atoms. The van der Waals surface area contributed by atoms with Crippen LogP contribution in [0.2, 0.25) is 0 Å². The van der Waals surface area contributed by atoms with Crippen molar-refractivity contribution in [2.24, 2.45) is 11.8 Å². The molecule has 0 aliphatic heterocycles. The minimum atomic E-state index is -0.802. The summed E-state index contributed by atoms with van der Waals surface area (Å²) >= 11 is 0. The van der Waals surface area contributed by atoms with Crippen LogP contribution in [0.5, 0.6) is 0 Å². The Balaban J connectivity index is 2.74. The number of hydrogen-bond acceptors (Lipinski definition) is 2. The maximum atomic E-state index is 12.4. The Bertz CT molecular complexity index is 439. The van der Waals surface area contributed by atoms with Crippen LogP contribution in [0.4, 0.5) is 0 Å². The minimum Gasteiger partial charge on any atom is -0.312 e. The Morgan fingerprint density at radius 1 is 1.05 bits per heavy atom. The molecule has 21 heavy (non-hydrogen) atoms. The van der Waals surface area contributed by atoms with E-state index in [4.69, 9.17) is 0 Å². The summed E-state index contributed by atoms with van der Waals surface area (Å²) in [5.41, 5.74) is 2.61. The molecule has 1 aromatic rings. The Hall–Kier alpha value is -0.670. The molecule has 0 aliphatic rings. The fourth-order valence-electron chi connectivity index (χ4n) is 2.32.